The quantitative estimate of drug-likeness (QED) is 0.741. The van der Waals surface area contributed by atoms with E-state index < -0.39 is 22.8 Å². The first-order valence-corrected chi connectivity index (χ1v) is 8.11. The van der Waals surface area contributed by atoms with Gasteiger partial charge in [-0.1, -0.05) is 15.9 Å². The number of aromatic nitrogens is 1. The van der Waals surface area contributed by atoms with E-state index in [9.17, 15) is 17.2 Å². The van der Waals surface area contributed by atoms with Crippen molar-refractivity contribution in [3.8, 4) is 0 Å². The van der Waals surface area contributed by atoms with Gasteiger partial charge in [0.2, 0.25) is 0 Å². The topological polar surface area (TPSA) is 50.3 Å². The van der Waals surface area contributed by atoms with E-state index in [1.54, 1.807) is 0 Å². The van der Waals surface area contributed by atoms with Gasteiger partial charge in [0.1, 0.15) is 10.7 Å². The molecule has 0 fully saturated rings. The van der Waals surface area contributed by atoms with Crippen LogP contribution in [0.2, 0.25) is 0 Å². The maximum Gasteiger partial charge on any atom is 0.255 e. The Labute approximate surface area is 113 Å². The van der Waals surface area contributed by atoms with Crippen LogP contribution in [-0.4, -0.2) is 44.5 Å². The lowest BCUT2D eigenvalue weighted by Crippen LogP contribution is -2.32. The standard InChI is InChI=1S/C10H13BrF2N2O2S/c1-18(16,17)8-3-2-5-14-10(8)15(6-4-11)7-9(12)13/h2-3,5,9H,4,6-7H2,1H3. The Bertz CT molecular complexity index is 496. The molecule has 0 atom stereocenters. The minimum Gasteiger partial charge on any atom is -0.349 e. The van der Waals surface area contributed by atoms with Crippen molar-refractivity contribution >= 4 is 31.6 Å². The van der Waals surface area contributed by atoms with Gasteiger partial charge in [0.15, 0.2) is 9.84 Å². The van der Waals surface area contributed by atoms with Crippen molar-refractivity contribution in [1.82, 2.24) is 4.98 Å². The van der Waals surface area contributed by atoms with E-state index in [0.717, 1.165) is 6.26 Å². The van der Waals surface area contributed by atoms with Gasteiger partial charge in [0.25, 0.3) is 6.43 Å². The minimum atomic E-state index is -3.50. The molecule has 0 aliphatic heterocycles. The van der Waals surface area contributed by atoms with Crippen LogP contribution in [0.25, 0.3) is 0 Å². The molecule has 0 bridgehead atoms. The van der Waals surface area contributed by atoms with Gasteiger partial charge in [-0.15, -0.1) is 0 Å². The highest BCUT2D eigenvalue weighted by Crippen LogP contribution is 2.22. The Kier molecular flexibility index (Phi) is 5.46. The number of alkyl halides is 3. The van der Waals surface area contributed by atoms with Crippen LogP contribution in [0.3, 0.4) is 0 Å². The van der Waals surface area contributed by atoms with Gasteiger partial charge >= 0.3 is 0 Å². The average Bonchev–Trinajstić information content (AvgIpc) is 2.27. The molecule has 0 N–H and O–H groups in total. The Morgan fingerprint density at radius 2 is 2.17 bits per heavy atom. The van der Waals surface area contributed by atoms with Crippen molar-refractivity contribution in [1.29, 1.82) is 0 Å². The molecular weight excluding hydrogens is 330 g/mol. The summed E-state index contributed by atoms with van der Waals surface area (Å²) in [6, 6.07) is 2.83. The highest BCUT2D eigenvalue weighted by molar-refractivity contribution is 9.09. The minimum absolute atomic E-state index is 0.0356. The van der Waals surface area contributed by atoms with Crippen LogP contribution in [-0.2, 0) is 9.84 Å². The molecule has 0 aliphatic rings. The van der Waals surface area contributed by atoms with E-state index in [4.69, 9.17) is 0 Å². The van der Waals surface area contributed by atoms with Crippen LogP contribution in [0.4, 0.5) is 14.6 Å². The molecule has 1 aromatic heterocycles. The lowest BCUT2D eigenvalue weighted by atomic mass is 10.4. The van der Waals surface area contributed by atoms with Crippen LogP contribution in [0, 0.1) is 0 Å². The van der Waals surface area contributed by atoms with E-state index in [-0.39, 0.29) is 17.3 Å². The molecule has 0 radical (unpaired) electrons. The second-order valence-corrected chi connectivity index (χ2v) is 6.40. The lowest BCUT2D eigenvalue weighted by Gasteiger charge is -2.24. The Morgan fingerprint density at radius 3 is 2.67 bits per heavy atom. The van der Waals surface area contributed by atoms with Crippen molar-refractivity contribution in [2.24, 2.45) is 0 Å². The van der Waals surface area contributed by atoms with E-state index in [1.807, 2.05) is 0 Å². The van der Waals surface area contributed by atoms with Crippen molar-refractivity contribution in [3.63, 3.8) is 0 Å². The van der Waals surface area contributed by atoms with Crippen LogP contribution >= 0.6 is 15.9 Å². The summed E-state index contributed by atoms with van der Waals surface area (Å²) in [6.07, 6.45) is -0.141. The number of hydrogen-bond donors (Lipinski definition) is 0. The van der Waals surface area contributed by atoms with E-state index >= 15 is 0 Å². The highest BCUT2D eigenvalue weighted by Gasteiger charge is 2.21. The summed E-state index contributed by atoms with van der Waals surface area (Å²) in [5.41, 5.74) is 0. The molecule has 4 nitrogen and oxygen atoms in total. The van der Waals surface area contributed by atoms with Gasteiger partial charge in [-0.05, 0) is 12.1 Å². The second kappa shape index (κ2) is 6.42. The third-order valence-corrected chi connectivity index (χ3v) is 3.63. The van der Waals surface area contributed by atoms with Gasteiger partial charge in [-0.3, -0.25) is 0 Å². The first kappa shape index (κ1) is 15.3. The molecule has 0 aromatic carbocycles. The third kappa shape index (κ3) is 4.16. The van der Waals surface area contributed by atoms with Gasteiger partial charge < -0.3 is 4.90 Å². The maximum absolute atomic E-state index is 12.5. The van der Waals surface area contributed by atoms with Crippen LogP contribution in [0.5, 0.6) is 0 Å². The van der Waals surface area contributed by atoms with Gasteiger partial charge in [0, 0.05) is 24.3 Å². The Balaban J connectivity index is 3.19. The molecule has 0 saturated carbocycles. The van der Waals surface area contributed by atoms with E-state index in [0.29, 0.717) is 5.33 Å². The average molecular weight is 343 g/mol. The predicted molar refractivity (Wildman–Crippen MR) is 69.4 cm³/mol. The number of sulfone groups is 1. The first-order valence-electron chi connectivity index (χ1n) is 5.10. The van der Waals surface area contributed by atoms with E-state index in [2.05, 4.69) is 20.9 Å². The fraction of sp³-hybridized carbons (Fsp3) is 0.500. The lowest BCUT2D eigenvalue weighted by molar-refractivity contribution is 0.155. The number of nitrogens with zero attached hydrogens (tertiary/aromatic N) is 2. The molecule has 1 rings (SSSR count). The molecule has 0 unspecified atom stereocenters. The van der Waals surface area contributed by atoms with Crippen molar-refractivity contribution in [3.05, 3.63) is 18.3 Å². The normalized spacial score (nSPS) is 11.8. The SMILES string of the molecule is CS(=O)(=O)c1cccnc1N(CCBr)CC(F)F. The van der Waals surface area contributed by atoms with Gasteiger partial charge in [-0.2, -0.15) is 0 Å². The molecule has 0 amide bonds. The first-order chi connectivity index (χ1) is 8.36. The van der Waals surface area contributed by atoms with Crippen LogP contribution in [0.1, 0.15) is 0 Å². The highest BCUT2D eigenvalue weighted by atomic mass is 79.9. The number of rotatable bonds is 6. The smallest absolute Gasteiger partial charge is 0.255 e. The zero-order valence-electron chi connectivity index (χ0n) is 9.68. The Hall–Kier alpha value is -0.760. The predicted octanol–water partition coefficient (Wildman–Crippen LogP) is 1.95. The summed E-state index contributed by atoms with van der Waals surface area (Å²) in [4.78, 5) is 5.13. The molecule has 8 heteroatoms. The van der Waals surface area contributed by atoms with Crippen molar-refractivity contribution in [2.45, 2.75) is 11.3 Å². The van der Waals surface area contributed by atoms with Crippen molar-refractivity contribution < 1.29 is 17.2 Å². The third-order valence-electron chi connectivity index (χ3n) is 2.16. The van der Waals surface area contributed by atoms with E-state index in [1.165, 1.54) is 23.2 Å². The summed E-state index contributed by atoms with van der Waals surface area (Å²) in [5, 5.41) is 0.444. The fourth-order valence-corrected chi connectivity index (χ4v) is 2.73. The van der Waals surface area contributed by atoms with Crippen LogP contribution < -0.4 is 4.90 Å². The number of halogens is 3. The van der Waals surface area contributed by atoms with Crippen molar-refractivity contribution in [2.75, 3.05) is 29.6 Å². The summed E-state index contributed by atoms with van der Waals surface area (Å²) in [5.74, 6) is 0.0692. The molecule has 1 aromatic rings. The summed E-state index contributed by atoms with van der Waals surface area (Å²) in [6.45, 7) is -0.297. The molecule has 0 aliphatic carbocycles. The molecule has 1 heterocycles. The molecular formula is C10H13BrF2N2O2S. The monoisotopic (exact) mass is 342 g/mol. The molecule has 102 valence electrons. The zero-order valence-corrected chi connectivity index (χ0v) is 12.1. The number of hydrogen-bond acceptors (Lipinski definition) is 4. The maximum atomic E-state index is 12.5. The molecule has 0 spiro atoms. The largest absolute Gasteiger partial charge is 0.349 e. The second-order valence-electron chi connectivity index (χ2n) is 3.62. The number of pyridine rings is 1. The fourth-order valence-electron chi connectivity index (χ4n) is 1.46. The zero-order chi connectivity index (χ0) is 13.8. The summed E-state index contributed by atoms with van der Waals surface area (Å²) in [7, 11) is -3.50. The molecule has 18 heavy (non-hydrogen) atoms. The molecule has 0 saturated heterocycles. The van der Waals surface area contributed by atoms with Gasteiger partial charge in [0.05, 0.1) is 6.54 Å². The summed E-state index contributed by atoms with van der Waals surface area (Å²) < 4.78 is 48.1. The van der Waals surface area contributed by atoms with Crippen LogP contribution in [0.15, 0.2) is 23.2 Å². The summed E-state index contributed by atoms with van der Waals surface area (Å²) >= 11 is 3.15. The van der Waals surface area contributed by atoms with Gasteiger partial charge in [-0.25, -0.2) is 22.2 Å². The number of anilines is 1. The Morgan fingerprint density at radius 1 is 1.50 bits per heavy atom.